The summed E-state index contributed by atoms with van der Waals surface area (Å²) in [5.74, 6) is 0.702. The molecule has 3 rings (SSSR count). The van der Waals surface area contributed by atoms with Gasteiger partial charge in [0.1, 0.15) is 5.75 Å². The van der Waals surface area contributed by atoms with Crippen LogP contribution in [0.3, 0.4) is 0 Å². The fraction of sp³-hybridized carbons (Fsp3) is 0.300. The number of rotatable bonds is 4. The van der Waals surface area contributed by atoms with Gasteiger partial charge in [-0.25, -0.2) is 0 Å². The Labute approximate surface area is 166 Å². The summed E-state index contributed by atoms with van der Waals surface area (Å²) in [5.41, 5.74) is 1.46. The van der Waals surface area contributed by atoms with Gasteiger partial charge < -0.3 is 15.0 Å². The van der Waals surface area contributed by atoms with Crippen molar-refractivity contribution in [2.24, 2.45) is 5.92 Å². The van der Waals surface area contributed by atoms with E-state index in [9.17, 15) is 9.59 Å². The van der Waals surface area contributed by atoms with Crippen molar-refractivity contribution in [2.45, 2.75) is 12.8 Å². The molecule has 1 aliphatic heterocycles. The number of nitrogens with zero attached hydrogens (tertiary/aromatic N) is 1. The normalized spacial score (nSPS) is 14.8. The number of halogens is 1. The van der Waals surface area contributed by atoms with Gasteiger partial charge in [-0.2, -0.15) is 0 Å². The van der Waals surface area contributed by atoms with E-state index in [1.807, 2.05) is 29.2 Å². The Morgan fingerprint density at radius 1 is 1.04 bits per heavy atom. The average molecular weight is 464 g/mol. The third-order valence-electron chi connectivity index (χ3n) is 4.60. The molecule has 0 saturated carbocycles. The first-order valence-electron chi connectivity index (χ1n) is 8.56. The quantitative estimate of drug-likeness (QED) is 0.701. The lowest BCUT2D eigenvalue weighted by Gasteiger charge is -2.31. The minimum atomic E-state index is -0.0609. The van der Waals surface area contributed by atoms with Crippen LogP contribution in [0.5, 0.6) is 5.75 Å². The van der Waals surface area contributed by atoms with Crippen LogP contribution in [0, 0.1) is 9.49 Å². The number of piperidine rings is 1. The number of methoxy groups -OCH3 is 1. The number of anilines is 1. The van der Waals surface area contributed by atoms with E-state index in [-0.39, 0.29) is 17.7 Å². The first-order chi connectivity index (χ1) is 12.6. The maximum atomic E-state index is 12.6. The smallest absolute Gasteiger partial charge is 0.253 e. The fourth-order valence-corrected chi connectivity index (χ4v) is 3.40. The van der Waals surface area contributed by atoms with E-state index in [1.165, 1.54) is 0 Å². The second-order valence-electron chi connectivity index (χ2n) is 6.29. The van der Waals surface area contributed by atoms with Crippen LogP contribution in [0.15, 0.2) is 48.5 Å². The molecule has 0 bridgehead atoms. The Balaban J connectivity index is 1.53. The lowest BCUT2D eigenvalue weighted by atomic mass is 9.95. The zero-order valence-corrected chi connectivity index (χ0v) is 16.7. The van der Waals surface area contributed by atoms with E-state index >= 15 is 0 Å². The van der Waals surface area contributed by atoms with E-state index in [0.29, 0.717) is 31.5 Å². The summed E-state index contributed by atoms with van der Waals surface area (Å²) in [6, 6.07) is 14.9. The van der Waals surface area contributed by atoms with Gasteiger partial charge in [-0.1, -0.05) is 0 Å². The molecule has 2 aromatic carbocycles. The molecule has 0 atom stereocenters. The third-order valence-corrected chi connectivity index (χ3v) is 5.32. The number of hydrogen-bond acceptors (Lipinski definition) is 3. The molecule has 5 nitrogen and oxygen atoms in total. The lowest BCUT2D eigenvalue weighted by Crippen LogP contribution is -2.41. The number of hydrogen-bond donors (Lipinski definition) is 1. The largest absolute Gasteiger partial charge is 0.497 e. The van der Waals surface area contributed by atoms with Gasteiger partial charge in [0.05, 0.1) is 7.11 Å². The van der Waals surface area contributed by atoms with Crippen molar-refractivity contribution < 1.29 is 14.3 Å². The van der Waals surface area contributed by atoms with Gasteiger partial charge >= 0.3 is 0 Å². The van der Waals surface area contributed by atoms with Crippen LogP contribution in [-0.2, 0) is 4.79 Å². The predicted molar refractivity (Wildman–Crippen MR) is 109 cm³/mol. The van der Waals surface area contributed by atoms with Crippen LogP contribution in [0.2, 0.25) is 0 Å². The predicted octanol–water partition coefficient (Wildman–Crippen LogP) is 3.79. The Morgan fingerprint density at radius 2 is 1.65 bits per heavy atom. The van der Waals surface area contributed by atoms with Crippen LogP contribution in [-0.4, -0.2) is 36.9 Å². The van der Waals surface area contributed by atoms with E-state index in [2.05, 4.69) is 27.9 Å². The van der Waals surface area contributed by atoms with Gasteiger partial charge in [-0.05, 0) is 84.0 Å². The minimum Gasteiger partial charge on any atom is -0.497 e. The van der Waals surface area contributed by atoms with Gasteiger partial charge in [0.25, 0.3) is 5.91 Å². The van der Waals surface area contributed by atoms with Gasteiger partial charge in [0.2, 0.25) is 5.91 Å². The average Bonchev–Trinajstić information content (AvgIpc) is 2.69. The Hall–Kier alpha value is -2.09. The number of nitrogens with one attached hydrogen (secondary N) is 1. The standard InChI is InChI=1S/C20H21IN2O3/c1-26-18-8-2-15(3-9-18)20(25)23-12-10-14(11-13-23)19(24)22-17-6-4-16(21)5-7-17/h2-9,14H,10-13H2,1H3,(H,22,24). The summed E-state index contributed by atoms with van der Waals surface area (Å²) in [6.07, 6.45) is 1.36. The summed E-state index contributed by atoms with van der Waals surface area (Å²) in [4.78, 5) is 26.8. The van der Waals surface area contributed by atoms with E-state index in [4.69, 9.17) is 4.74 Å². The minimum absolute atomic E-state index is 0.00384. The number of likely N-dealkylation sites (tertiary alicyclic amines) is 1. The molecule has 1 fully saturated rings. The maximum Gasteiger partial charge on any atom is 0.253 e. The zero-order valence-electron chi connectivity index (χ0n) is 14.6. The van der Waals surface area contributed by atoms with Crippen molar-refractivity contribution >= 4 is 40.1 Å². The highest BCUT2D eigenvalue weighted by Gasteiger charge is 2.27. The molecule has 0 radical (unpaired) electrons. The maximum absolute atomic E-state index is 12.6. The second kappa shape index (κ2) is 8.53. The Kier molecular flexibility index (Phi) is 6.13. The first-order valence-corrected chi connectivity index (χ1v) is 9.64. The van der Waals surface area contributed by atoms with Crippen LogP contribution in [0.4, 0.5) is 5.69 Å². The molecule has 1 saturated heterocycles. The topological polar surface area (TPSA) is 58.6 Å². The van der Waals surface area contributed by atoms with E-state index in [1.54, 1.807) is 31.4 Å². The van der Waals surface area contributed by atoms with Crippen LogP contribution < -0.4 is 10.1 Å². The van der Waals surface area contributed by atoms with Gasteiger partial charge in [-0.3, -0.25) is 9.59 Å². The van der Waals surface area contributed by atoms with E-state index < -0.39 is 0 Å². The summed E-state index contributed by atoms with van der Waals surface area (Å²) < 4.78 is 6.25. The molecule has 6 heteroatoms. The highest BCUT2D eigenvalue weighted by Crippen LogP contribution is 2.22. The van der Waals surface area contributed by atoms with Gasteiger partial charge in [-0.15, -0.1) is 0 Å². The summed E-state index contributed by atoms with van der Waals surface area (Å²) in [7, 11) is 1.60. The fourth-order valence-electron chi connectivity index (χ4n) is 3.04. The van der Waals surface area contributed by atoms with Crippen molar-refractivity contribution in [1.29, 1.82) is 0 Å². The Morgan fingerprint density at radius 3 is 2.23 bits per heavy atom. The molecule has 0 aromatic heterocycles. The molecule has 26 heavy (non-hydrogen) atoms. The molecule has 0 aliphatic carbocycles. The molecule has 1 aliphatic rings. The van der Waals surface area contributed by atoms with Crippen LogP contribution in [0.1, 0.15) is 23.2 Å². The molecular formula is C20H21IN2O3. The molecule has 0 unspecified atom stereocenters. The lowest BCUT2D eigenvalue weighted by molar-refractivity contribution is -0.121. The number of ether oxygens (including phenoxy) is 1. The number of amides is 2. The molecule has 1 N–H and O–H groups in total. The molecule has 136 valence electrons. The molecule has 1 heterocycles. The zero-order chi connectivity index (χ0) is 18.5. The van der Waals surface area contributed by atoms with Gasteiger partial charge in [0.15, 0.2) is 0 Å². The second-order valence-corrected chi connectivity index (χ2v) is 7.54. The molecule has 2 amide bonds. The first kappa shape index (κ1) is 18.7. The van der Waals surface area contributed by atoms with Gasteiger partial charge in [0, 0.05) is 33.8 Å². The SMILES string of the molecule is COc1ccc(C(=O)N2CCC(C(=O)Nc3ccc(I)cc3)CC2)cc1. The summed E-state index contributed by atoms with van der Waals surface area (Å²) in [5, 5.41) is 2.97. The summed E-state index contributed by atoms with van der Waals surface area (Å²) in [6.45, 7) is 1.19. The van der Waals surface area contributed by atoms with Crippen molar-refractivity contribution in [3.05, 3.63) is 57.7 Å². The van der Waals surface area contributed by atoms with E-state index in [0.717, 1.165) is 15.0 Å². The van der Waals surface area contributed by atoms with Crippen molar-refractivity contribution in [2.75, 3.05) is 25.5 Å². The monoisotopic (exact) mass is 464 g/mol. The highest BCUT2D eigenvalue weighted by atomic mass is 127. The number of carbonyl (C=O) groups excluding carboxylic acids is 2. The molecule has 2 aromatic rings. The van der Waals surface area contributed by atoms with Crippen molar-refractivity contribution in [1.82, 2.24) is 4.90 Å². The number of benzene rings is 2. The van der Waals surface area contributed by atoms with Crippen LogP contribution >= 0.6 is 22.6 Å². The Bertz CT molecular complexity index is 767. The van der Waals surface area contributed by atoms with Crippen LogP contribution in [0.25, 0.3) is 0 Å². The molecular weight excluding hydrogens is 443 g/mol. The van der Waals surface area contributed by atoms with Crippen molar-refractivity contribution in [3.8, 4) is 5.75 Å². The summed E-state index contributed by atoms with van der Waals surface area (Å²) >= 11 is 2.23. The number of carbonyl (C=O) groups is 2. The third kappa shape index (κ3) is 4.55. The highest BCUT2D eigenvalue weighted by molar-refractivity contribution is 14.1. The molecule has 0 spiro atoms. The van der Waals surface area contributed by atoms with Crippen molar-refractivity contribution in [3.63, 3.8) is 0 Å².